The molecule has 27 heavy (non-hydrogen) atoms. The highest BCUT2D eigenvalue weighted by Gasteiger charge is 2.42. The average Bonchev–Trinajstić information content (AvgIpc) is 2.93. The van der Waals surface area contributed by atoms with E-state index in [-0.39, 0.29) is 41.2 Å². The van der Waals surface area contributed by atoms with Gasteiger partial charge in [-0.1, -0.05) is 12.1 Å². The summed E-state index contributed by atoms with van der Waals surface area (Å²) in [5, 5.41) is 9.92. The van der Waals surface area contributed by atoms with Crippen molar-refractivity contribution in [1.82, 2.24) is 4.90 Å². The van der Waals surface area contributed by atoms with E-state index in [1.807, 2.05) is 0 Å². The summed E-state index contributed by atoms with van der Waals surface area (Å²) < 4.78 is 24.4. The smallest absolute Gasteiger partial charge is 0.290 e. The molecule has 0 saturated carbocycles. The van der Waals surface area contributed by atoms with Crippen molar-refractivity contribution in [2.75, 3.05) is 20.3 Å². The van der Waals surface area contributed by atoms with Crippen LogP contribution >= 0.6 is 0 Å². The van der Waals surface area contributed by atoms with E-state index >= 15 is 0 Å². The number of methoxy groups -OCH3 is 1. The molecule has 0 radical (unpaired) electrons. The van der Waals surface area contributed by atoms with Crippen LogP contribution in [0, 0.1) is 5.82 Å². The number of rotatable bonds is 4. The number of nitrogens with zero attached hydrogens (tertiary/aromatic N) is 1. The highest BCUT2D eigenvalue weighted by atomic mass is 19.1. The first-order valence-corrected chi connectivity index (χ1v) is 8.36. The number of carbonyl (C=O) groups excluding carboxylic acids is 1. The number of ether oxygens (including phenoxy) is 1. The molecule has 1 N–H and O–H groups in total. The molecule has 1 aliphatic rings. The number of amides is 1. The van der Waals surface area contributed by atoms with Crippen LogP contribution in [0.15, 0.2) is 51.7 Å². The van der Waals surface area contributed by atoms with Crippen molar-refractivity contribution in [2.45, 2.75) is 6.04 Å². The lowest BCUT2D eigenvalue weighted by atomic mass is 9.98. The van der Waals surface area contributed by atoms with Crippen LogP contribution in [0.5, 0.6) is 5.75 Å². The summed E-state index contributed by atoms with van der Waals surface area (Å²) in [5.41, 5.74) is 0.380. The summed E-state index contributed by atoms with van der Waals surface area (Å²) in [7, 11) is 1.51. The second-order valence-corrected chi connectivity index (χ2v) is 6.30. The number of benzene rings is 2. The Hall–Kier alpha value is -3.19. The lowest BCUT2D eigenvalue weighted by Crippen LogP contribution is -2.32. The molecule has 2 heterocycles. The number of hydrogen-bond acceptors (Lipinski definition) is 5. The number of halogens is 1. The van der Waals surface area contributed by atoms with E-state index in [9.17, 15) is 19.1 Å². The minimum absolute atomic E-state index is 0.0105. The van der Waals surface area contributed by atoms with E-state index in [4.69, 9.17) is 9.15 Å². The van der Waals surface area contributed by atoms with Crippen LogP contribution in [0.25, 0.3) is 11.0 Å². The lowest BCUT2D eigenvalue weighted by Gasteiger charge is -2.24. The number of phenols is 1. The number of aromatic hydroxyl groups is 1. The molecule has 0 bridgehead atoms. The molecule has 1 unspecified atom stereocenters. The molecule has 0 spiro atoms. The molecule has 1 aromatic heterocycles. The van der Waals surface area contributed by atoms with Crippen LogP contribution in [0.1, 0.15) is 27.7 Å². The van der Waals surface area contributed by atoms with E-state index in [2.05, 4.69) is 0 Å². The van der Waals surface area contributed by atoms with Crippen molar-refractivity contribution in [2.24, 2.45) is 0 Å². The first-order chi connectivity index (χ1) is 13.0. The van der Waals surface area contributed by atoms with Crippen LogP contribution < -0.4 is 5.43 Å². The third-order valence-corrected chi connectivity index (χ3v) is 4.65. The zero-order chi connectivity index (χ0) is 19.1. The third-order valence-electron chi connectivity index (χ3n) is 4.65. The fourth-order valence-electron chi connectivity index (χ4n) is 3.45. The van der Waals surface area contributed by atoms with E-state index in [0.717, 1.165) is 6.07 Å². The topological polar surface area (TPSA) is 80.0 Å². The van der Waals surface area contributed by atoms with Gasteiger partial charge in [-0.2, -0.15) is 0 Å². The molecule has 138 valence electrons. The zero-order valence-corrected chi connectivity index (χ0v) is 14.4. The van der Waals surface area contributed by atoms with E-state index < -0.39 is 23.2 Å². The van der Waals surface area contributed by atoms with Crippen molar-refractivity contribution >= 4 is 16.9 Å². The molecule has 0 fully saturated rings. The molecule has 1 amide bonds. The zero-order valence-electron chi connectivity index (χ0n) is 14.4. The van der Waals surface area contributed by atoms with E-state index in [0.29, 0.717) is 5.56 Å². The Morgan fingerprint density at radius 2 is 2.04 bits per heavy atom. The molecule has 0 saturated heterocycles. The Labute approximate surface area is 153 Å². The van der Waals surface area contributed by atoms with Crippen molar-refractivity contribution in [1.29, 1.82) is 0 Å². The maximum Gasteiger partial charge on any atom is 0.290 e. The van der Waals surface area contributed by atoms with Crippen LogP contribution in [0.4, 0.5) is 4.39 Å². The SMILES string of the molecule is COCCN1C(=O)c2oc3ccc(F)cc3c(=O)c2C1c1cccc(O)c1. The molecule has 6 nitrogen and oxygen atoms in total. The number of phenolic OH excluding ortho intramolecular Hbond substituents is 1. The van der Waals surface area contributed by atoms with Gasteiger partial charge in [0.2, 0.25) is 5.76 Å². The first kappa shape index (κ1) is 17.2. The molecular weight excluding hydrogens is 353 g/mol. The Morgan fingerprint density at radius 1 is 1.22 bits per heavy atom. The second kappa shape index (κ2) is 6.51. The standard InChI is InChI=1S/C20H16FNO5/c1-26-8-7-22-17(11-3-2-4-13(23)9-11)16-18(24)14-10-12(21)5-6-15(14)27-19(16)20(22)25/h2-6,9-10,17,23H,7-8H2,1H3. The van der Waals surface area contributed by atoms with Gasteiger partial charge in [-0.25, -0.2) is 4.39 Å². The molecule has 0 aliphatic carbocycles. The monoisotopic (exact) mass is 369 g/mol. The Bertz CT molecular complexity index is 1110. The summed E-state index contributed by atoms with van der Waals surface area (Å²) in [5.74, 6) is -1.07. The largest absolute Gasteiger partial charge is 0.508 e. The Kier molecular flexibility index (Phi) is 4.16. The third kappa shape index (κ3) is 2.76. The molecule has 3 aromatic rings. The van der Waals surface area contributed by atoms with Gasteiger partial charge in [0.05, 0.1) is 23.6 Å². The quantitative estimate of drug-likeness (QED) is 0.765. The van der Waals surface area contributed by atoms with Gasteiger partial charge in [0, 0.05) is 13.7 Å². The average molecular weight is 369 g/mol. The molecule has 1 atom stereocenters. The predicted octanol–water partition coefficient (Wildman–Crippen LogP) is 2.83. The van der Waals surface area contributed by atoms with Gasteiger partial charge in [-0.3, -0.25) is 9.59 Å². The van der Waals surface area contributed by atoms with Crippen molar-refractivity contribution in [3.05, 3.63) is 75.4 Å². The minimum Gasteiger partial charge on any atom is -0.508 e. The van der Waals surface area contributed by atoms with Crippen LogP contribution in [0.2, 0.25) is 0 Å². The summed E-state index contributed by atoms with van der Waals surface area (Å²) in [6.45, 7) is 0.487. The molecule has 4 rings (SSSR count). The number of carbonyl (C=O) groups is 1. The summed E-state index contributed by atoms with van der Waals surface area (Å²) >= 11 is 0. The minimum atomic E-state index is -0.751. The Balaban J connectivity index is 1.99. The van der Waals surface area contributed by atoms with Crippen LogP contribution in [-0.2, 0) is 4.74 Å². The Morgan fingerprint density at radius 3 is 2.78 bits per heavy atom. The number of hydrogen-bond donors (Lipinski definition) is 1. The van der Waals surface area contributed by atoms with Crippen molar-refractivity contribution < 1.29 is 23.4 Å². The van der Waals surface area contributed by atoms with Gasteiger partial charge in [-0.05, 0) is 35.9 Å². The van der Waals surface area contributed by atoms with Gasteiger partial charge in [0.15, 0.2) is 5.43 Å². The van der Waals surface area contributed by atoms with Gasteiger partial charge < -0.3 is 19.2 Å². The summed E-state index contributed by atoms with van der Waals surface area (Å²) in [6, 6.07) is 9.18. The number of fused-ring (bicyclic) bond motifs is 2. The van der Waals surface area contributed by atoms with Crippen molar-refractivity contribution in [3.8, 4) is 5.75 Å². The fraction of sp³-hybridized carbons (Fsp3) is 0.200. The van der Waals surface area contributed by atoms with Gasteiger partial charge >= 0.3 is 0 Å². The molecule has 1 aliphatic heterocycles. The van der Waals surface area contributed by atoms with Crippen LogP contribution in [0.3, 0.4) is 0 Å². The van der Waals surface area contributed by atoms with Crippen LogP contribution in [-0.4, -0.2) is 36.2 Å². The van der Waals surface area contributed by atoms with Crippen molar-refractivity contribution in [3.63, 3.8) is 0 Å². The van der Waals surface area contributed by atoms with E-state index in [1.165, 1.54) is 36.3 Å². The van der Waals surface area contributed by atoms with E-state index in [1.54, 1.807) is 12.1 Å². The molecule has 7 heteroatoms. The summed E-state index contributed by atoms with van der Waals surface area (Å²) in [4.78, 5) is 27.5. The molecule has 2 aromatic carbocycles. The maximum absolute atomic E-state index is 13.7. The lowest BCUT2D eigenvalue weighted by molar-refractivity contribution is 0.0663. The summed E-state index contributed by atoms with van der Waals surface area (Å²) in [6.07, 6.45) is 0. The second-order valence-electron chi connectivity index (χ2n) is 6.30. The predicted molar refractivity (Wildman–Crippen MR) is 95.3 cm³/mol. The normalized spacial score (nSPS) is 16.1. The molecular formula is C20H16FNO5. The fourth-order valence-corrected chi connectivity index (χ4v) is 3.45. The highest BCUT2D eigenvalue weighted by molar-refractivity contribution is 5.99. The highest BCUT2D eigenvalue weighted by Crippen LogP contribution is 2.38. The van der Waals surface area contributed by atoms with Gasteiger partial charge in [-0.15, -0.1) is 0 Å². The maximum atomic E-state index is 13.7. The van der Waals surface area contributed by atoms with Gasteiger partial charge in [0.25, 0.3) is 5.91 Å². The first-order valence-electron chi connectivity index (χ1n) is 8.36. The van der Waals surface area contributed by atoms with Gasteiger partial charge in [0.1, 0.15) is 17.1 Å².